The van der Waals surface area contributed by atoms with Gasteiger partial charge in [-0.15, -0.1) is 0 Å². The van der Waals surface area contributed by atoms with Crippen molar-refractivity contribution in [3.8, 4) is 0 Å². The van der Waals surface area contributed by atoms with E-state index in [-0.39, 0.29) is 0 Å². The highest BCUT2D eigenvalue weighted by molar-refractivity contribution is 5.02. The molecule has 1 N–H and O–H groups in total. The normalized spacial score (nSPS) is 27.4. The van der Waals surface area contributed by atoms with Gasteiger partial charge in [0.2, 0.25) is 0 Å². The van der Waals surface area contributed by atoms with Gasteiger partial charge in [0.1, 0.15) is 0 Å². The van der Waals surface area contributed by atoms with Crippen molar-refractivity contribution in [2.45, 2.75) is 38.6 Å². The number of hydrogen-bond donors (Lipinski definition) is 1. The van der Waals surface area contributed by atoms with Gasteiger partial charge in [0.05, 0.1) is 0 Å². The number of rotatable bonds is 4. The summed E-state index contributed by atoms with van der Waals surface area (Å²) in [7, 11) is 4.33. The Morgan fingerprint density at radius 1 is 1.18 bits per heavy atom. The summed E-state index contributed by atoms with van der Waals surface area (Å²) < 4.78 is 0. The number of nitrogens with one attached hydrogen (secondary N) is 1. The van der Waals surface area contributed by atoms with Gasteiger partial charge in [-0.3, -0.25) is 4.90 Å². The van der Waals surface area contributed by atoms with Crippen LogP contribution in [0.3, 0.4) is 0 Å². The van der Waals surface area contributed by atoms with E-state index in [1.54, 1.807) is 0 Å². The van der Waals surface area contributed by atoms with Crippen LogP contribution in [0.4, 0.5) is 0 Å². The van der Waals surface area contributed by atoms with Gasteiger partial charge in [0.15, 0.2) is 0 Å². The first kappa shape index (κ1) is 13.3. The zero-order valence-corrected chi connectivity index (χ0v) is 12.1. The van der Waals surface area contributed by atoms with E-state index >= 15 is 0 Å². The summed E-state index contributed by atoms with van der Waals surface area (Å²) in [5.41, 5.74) is 0.949. The smallest absolute Gasteiger partial charge is 0.0277 e. The maximum atomic E-state index is 3.67. The van der Waals surface area contributed by atoms with Gasteiger partial charge in [-0.2, -0.15) is 0 Å². The molecule has 0 atom stereocenters. The Labute approximate surface area is 107 Å². The van der Waals surface area contributed by atoms with Crippen LogP contribution in [0.1, 0.15) is 33.1 Å². The average molecular weight is 239 g/mol. The maximum absolute atomic E-state index is 3.67. The molecule has 0 aromatic rings. The van der Waals surface area contributed by atoms with Crippen LogP contribution in [0.25, 0.3) is 0 Å². The zero-order valence-electron chi connectivity index (χ0n) is 12.1. The standard InChI is InChI=1S/C14H29N3/c1-13(2)10-15-11-14(6-7-14)12-17(13)9-5-8-16(3)4/h15H,5-12H2,1-4H3. The predicted molar refractivity (Wildman–Crippen MR) is 73.4 cm³/mol. The molecule has 0 amide bonds. The molecule has 0 bridgehead atoms. The fourth-order valence-corrected chi connectivity index (χ4v) is 2.89. The van der Waals surface area contributed by atoms with Crippen LogP contribution in [0.5, 0.6) is 0 Å². The van der Waals surface area contributed by atoms with Crippen molar-refractivity contribution >= 4 is 0 Å². The highest BCUT2D eigenvalue weighted by Crippen LogP contribution is 2.47. The first-order valence-corrected chi connectivity index (χ1v) is 7.04. The minimum atomic E-state index is 0.318. The van der Waals surface area contributed by atoms with Gasteiger partial charge in [-0.25, -0.2) is 0 Å². The summed E-state index contributed by atoms with van der Waals surface area (Å²) in [4.78, 5) is 5.01. The lowest BCUT2D eigenvalue weighted by molar-refractivity contribution is 0.111. The number of nitrogens with zero attached hydrogens (tertiary/aromatic N) is 2. The van der Waals surface area contributed by atoms with E-state index in [1.807, 2.05) is 0 Å². The van der Waals surface area contributed by atoms with E-state index in [0.717, 1.165) is 6.54 Å². The van der Waals surface area contributed by atoms with Gasteiger partial charge in [-0.1, -0.05) is 0 Å². The van der Waals surface area contributed by atoms with Gasteiger partial charge in [0.25, 0.3) is 0 Å². The minimum absolute atomic E-state index is 0.318. The Kier molecular flexibility index (Phi) is 3.81. The molecule has 1 saturated carbocycles. The third-order valence-electron chi connectivity index (χ3n) is 4.43. The summed E-state index contributed by atoms with van der Waals surface area (Å²) in [5, 5.41) is 3.67. The first-order chi connectivity index (χ1) is 7.94. The van der Waals surface area contributed by atoms with Crippen molar-refractivity contribution in [2.75, 3.05) is 46.8 Å². The van der Waals surface area contributed by atoms with Gasteiger partial charge >= 0.3 is 0 Å². The van der Waals surface area contributed by atoms with Crippen LogP contribution in [0.15, 0.2) is 0 Å². The van der Waals surface area contributed by atoms with E-state index in [4.69, 9.17) is 0 Å². The molecule has 1 aliphatic heterocycles. The maximum Gasteiger partial charge on any atom is 0.0277 e. The molecular formula is C14H29N3. The average Bonchev–Trinajstić information content (AvgIpc) is 2.96. The molecule has 0 aromatic heterocycles. The number of hydrogen-bond acceptors (Lipinski definition) is 3. The molecular weight excluding hydrogens is 210 g/mol. The van der Waals surface area contributed by atoms with Crippen molar-refractivity contribution in [3.05, 3.63) is 0 Å². The lowest BCUT2D eigenvalue weighted by atomic mass is 10.0. The molecule has 1 aliphatic carbocycles. The molecule has 1 heterocycles. The molecule has 2 fully saturated rings. The first-order valence-electron chi connectivity index (χ1n) is 7.04. The lowest BCUT2D eigenvalue weighted by Gasteiger charge is -2.38. The van der Waals surface area contributed by atoms with E-state index in [0.29, 0.717) is 11.0 Å². The summed E-state index contributed by atoms with van der Waals surface area (Å²) in [6.45, 7) is 10.9. The Morgan fingerprint density at radius 2 is 1.88 bits per heavy atom. The van der Waals surface area contributed by atoms with Crippen LogP contribution in [0, 0.1) is 5.41 Å². The van der Waals surface area contributed by atoms with E-state index in [9.17, 15) is 0 Å². The predicted octanol–water partition coefficient (Wildman–Crippen LogP) is 1.40. The van der Waals surface area contributed by atoms with Crippen LogP contribution in [0.2, 0.25) is 0 Å². The van der Waals surface area contributed by atoms with Crippen molar-refractivity contribution in [2.24, 2.45) is 5.41 Å². The second-order valence-electron chi connectivity index (χ2n) is 6.99. The van der Waals surface area contributed by atoms with Crippen LogP contribution in [-0.2, 0) is 0 Å². The van der Waals surface area contributed by atoms with E-state index < -0.39 is 0 Å². The zero-order chi connectivity index (χ0) is 12.5. The summed E-state index contributed by atoms with van der Waals surface area (Å²) in [6, 6.07) is 0. The third kappa shape index (κ3) is 3.43. The van der Waals surface area contributed by atoms with Gasteiger partial charge < -0.3 is 10.2 Å². The van der Waals surface area contributed by atoms with Gasteiger partial charge in [-0.05, 0) is 65.7 Å². The second kappa shape index (κ2) is 4.87. The molecule has 17 heavy (non-hydrogen) atoms. The molecule has 2 aliphatic rings. The lowest BCUT2D eigenvalue weighted by Crippen LogP contribution is -2.49. The highest BCUT2D eigenvalue weighted by Gasteiger charge is 2.47. The quantitative estimate of drug-likeness (QED) is 0.800. The van der Waals surface area contributed by atoms with Crippen molar-refractivity contribution in [1.82, 2.24) is 15.1 Å². The fraction of sp³-hybridized carbons (Fsp3) is 1.00. The fourth-order valence-electron chi connectivity index (χ4n) is 2.89. The van der Waals surface area contributed by atoms with Crippen LogP contribution in [-0.4, -0.2) is 62.2 Å². The van der Waals surface area contributed by atoms with Crippen molar-refractivity contribution in [1.29, 1.82) is 0 Å². The van der Waals surface area contributed by atoms with Crippen LogP contribution >= 0.6 is 0 Å². The van der Waals surface area contributed by atoms with Gasteiger partial charge in [0, 0.05) is 25.2 Å². The monoisotopic (exact) mass is 239 g/mol. The Morgan fingerprint density at radius 3 is 2.47 bits per heavy atom. The molecule has 0 radical (unpaired) electrons. The molecule has 3 heteroatoms. The summed E-state index contributed by atoms with van der Waals surface area (Å²) in [5.74, 6) is 0. The molecule has 2 rings (SSSR count). The third-order valence-corrected chi connectivity index (χ3v) is 4.43. The van der Waals surface area contributed by atoms with Crippen LogP contribution < -0.4 is 5.32 Å². The Hall–Kier alpha value is -0.120. The van der Waals surface area contributed by atoms with E-state index in [2.05, 4.69) is 43.1 Å². The summed E-state index contributed by atoms with van der Waals surface area (Å²) in [6.07, 6.45) is 4.15. The van der Waals surface area contributed by atoms with Crippen molar-refractivity contribution in [3.63, 3.8) is 0 Å². The Balaban J connectivity index is 1.90. The molecule has 3 nitrogen and oxygen atoms in total. The molecule has 1 spiro atoms. The Bertz CT molecular complexity index is 256. The topological polar surface area (TPSA) is 18.5 Å². The highest BCUT2D eigenvalue weighted by atomic mass is 15.2. The molecule has 0 unspecified atom stereocenters. The SMILES string of the molecule is CN(C)CCCN1CC2(CC2)CNCC1(C)C. The molecule has 0 aromatic carbocycles. The molecule has 100 valence electrons. The molecule has 1 saturated heterocycles. The van der Waals surface area contributed by atoms with Crippen molar-refractivity contribution < 1.29 is 0 Å². The largest absolute Gasteiger partial charge is 0.314 e. The summed E-state index contributed by atoms with van der Waals surface area (Å²) >= 11 is 0. The minimum Gasteiger partial charge on any atom is -0.314 e. The second-order valence-corrected chi connectivity index (χ2v) is 6.99. The van der Waals surface area contributed by atoms with E-state index in [1.165, 1.54) is 45.4 Å².